The van der Waals surface area contributed by atoms with Crippen LogP contribution in [-0.2, 0) is 10.0 Å². The highest BCUT2D eigenvalue weighted by atomic mass is 35.5. The van der Waals surface area contributed by atoms with E-state index in [9.17, 15) is 8.42 Å². The fraction of sp³-hybridized carbons (Fsp3) is 0.500. The van der Waals surface area contributed by atoms with Gasteiger partial charge in [0.2, 0.25) is 10.0 Å². The van der Waals surface area contributed by atoms with Crippen LogP contribution in [-0.4, -0.2) is 15.0 Å². The normalized spacial score (nSPS) is 16.2. The molecule has 2 rings (SSSR count). The van der Waals surface area contributed by atoms with Gasteiger partial charge in [-0.1, -0.05) is 37.3 Å². The molecule has 4 nitrogen and oxygen atoms in total. The van der Waals surface area contributed by atoms with E-state index in [0.717, 1.165) is 6.42 Å². The van der Waals surface area contributed by atoms with Gasteiger partial charge in [-0.05, 0) is 30.5 Å². The lowest BCUT2D eigenvalue weighted by molar-refractivity contribution is 0.495. The van der Waals surface area contributed by atoms with Gasteiger partial charge in [-0.25, -0.2) is 13.1 Å². The zero-order valence-corrected chi connectivity index (χ0v) is 12.7. The summed E-state index contributed by atoms with van der Waals surface area (Å²) < 4.78 is 27.0. The van der Waals surface area contributed by atoms with E-state index in [1.54, 1.807) is 0 Å². The molecule has 0 spiro atoms. The maximum absolute atomic E-state index is 12.2. The Morgan fingerprint density at radius 2 is 2.05 bits per heavy atom. The molecular formula is C14H17ClN2O2S. The summed E-state index contributed by atoms with van der Waals surface area (Å²) >= 11 is 5.92. The Bertz CT molecular complexity index is 617. The van der Waals surface area contributed by atoms with Gasteiger partial charge in [0.25, 0.3) is 0 Å². The van der Waals surface area contributed by atoms with Crippen molar-refractivity contribution in [2.24, 2.45) is 5.92 Å². The van der Waals surface area contributed by atoms with E-state index in [1.807, 2.05) is 6.07 Å². The van der Waals surface area contributed by atoms with Crippen molar-refractivity contribution in [1.82, 2.24) is 4.72 Å². The first-order chi connectivity index (χ1) is 9.53. The SMILES string of the molecule is N#Cc1ccc(Cl)c(S(=O)(=O)NCCC2CCCC2)c1. The van der Waals surface area contributed by atoms with Crippen molar-refractivity contribution in [3.05, 3.63) is 28.8 Å². The van der Waals surface area contributed by atoms with Crippen molar-refractivity contribution in [2.75, 3.05) is 6.54 Å². The summed E-state index contributed by atoms with van der Waals surface area (Å²) in [6.07, 6.45) is 5.72. The Morgan fingerprint density at radius 1 is 1.35 bits per heavy atom. The molecule has 1 aliphatic rings. The lowest BCUT2D eigenvalue weighted by Crippen LogP contribution is -2.26. The summed E-state index contributed by atoms with van der Waals surface area (Å²) in [4.78, 5) is -0.0235. The summed E-state index contributed by atoms with van der Waals surface area (Å²) in [6, 6.07) is 6.16. The number of hydrogen-bond acceptors (Lipinski definition) is 3. The van der Waals surface area contributed by atoms with Crippen LogP contribution in [0, 0.1) is 17.2 Å². The fourth-order valence-electron chi connectivity index (χ4n) is 2.55. The van der Waals surface area contributed by atoms with Gasteiger partial charge in [0.15, 0.2) is 0 Å². The van der Waals surface area contributed by atoms with Crippen molar-refractivity contribution in [2.45, 2.75) is 37.0 Å². The minimum Gasteiger partial charge on any atom is -0.211 e. The molecule has 1 aromatic rings. The van der Waals surface area contributed by atoms with E-state index in [0.29, 0.717) is 12.5 Å². The molecule has 0 heterocycles. The van der Waals surface area contributed by atoms with Gasteiger partial charge in [-0.2, -0.15) is 5.26 Å². The third-order valence-corrected chi connectivity index (χ3v) is 5.61. The molecule has 1 saturated carbocycles. The van der Waals surface area contributed by atoms with Crippen molar-refractivity contribution < 1.29 is 8.42 Å². The average Bonchev–Trinajstić information content (AvgIpc) is 2.92. The first-order valence-corrected chi connectivity index (χ1v) is 8.58. The number of nitriles is 1. The Balaban J connectivity index is 2.04. The summed E-state index contributed by atoms with van der Waals surface area (Å²) in [5.74, 6) is 0.624. The second kappa shape index (κ2) is 6.57. The highest BCUT2D eigenvalue weighted by molar-refractivity contribution is 7.89. The number of sulfonamides is 1. The van der Waals surface area contributed by atoms with Gasteiger partial charge >= 0.3 is 0 Å². The highest BCUT2D eigenvalue weighted by Crippen LogP contribution is 2.27. The third kappa shape index (κ3) is 3.72. The molecular weight excluding hydrogens is 296 g/mol. The van der Waals surface area contributed by atoms with Gasteiger partial charge in [0.1, 0.15) is 4.90 Å². The van der Waals surface area contributed by atoms with Crippen LogP contribution in [0.1, 0.15) is 37.7 Å². The zero-order chi connectivity index (χ0) is 14.6. The molecule has 20 heavy (non-hydrogen) atoms. The van der Waals surface area contributed by atoms with Crippen molar-refractivity contribution in [3.8, 4) is 6.07 Å². The Kier molecular flexibility index (Phi) is 5.03. The van der Waals surface area contributed by atoms with Crippen molar-refractivity contribution >= 4 is 21.6 Å². The van der Waals surface area contributed by atoms with E-state index in [-0.39, 0.29) is 15.5 Å². The van der Waals surface area contributed by atoms with Crippen LogP contribution in [0.5, 0.6) is 0 Å². The van der Waals surface area contributed by atoms with E-state index in [1.165, 1.54) is 43.9 Å². The molecule has 1 fully saturated rings. The topological polar surface area (TPSA) is 70.0 Å². The zero-order valence-electron chi connectivity index (χ0n) is 11.1. The molecule has 1 aliphatic carbocycles. The summed E-state index contributed by atoms with van der Waals surface area (Å²) in [7, 11) is -3.65. The monoisotopic (exact) mass is 312 g/mol. The molecule has 0 radical (unpaired) electrons. The molecule has 0 aliphatic heterocycles. The van der Waals surface area contributed by atoms with E-state index < -0.39 is 10.0 Å². The minimum absolute atomic E-state index is 0.0235. The van der Waals surface area contributed by atoms with Gasteiger partial charge in [0.05, 0.1) is 16.7 Å². The van der Waals surface area contributed by atoms with Crippen molar-refractivity contribution in [1.29, 1.82) is 5.26 Å². The Labute approximate surface area is 124 Å². The number of nitrogens with zero attached hydrogens (tertiary/aromatic N) is 1. The van der Waals surface area contributed by atoms with E-state index >= 15 is 0 Å². The number of halogens is 1. The lowest BCUT2D eigenvalue weighted by atomic mass is 10.1. The predicted molar refractivity (Wildman–Crippen MR) is 77.9 cm³/mol. The highest BCUT2D eigenvalue weighted by Gasteiger charge is 2.20. The molecule has 0 unspecified atom stereocenters. The number of hydrogen-bond donors (Lipinski definition) is 1. The summed E-state index contributed by atoms with van der Waals surface area (Å²) in [6.45, 7) is 0.417. The molecule has 0 amide bonds. The van der Waals surface area contributed by atoms with Crippen LogP contribution >= 0.6 is 11.6 Å². The maximum Gasteiger partial charge on any atom is 0.242 e. The van der Waals surface area contributed by atoms with Crippen LogP contribution in [0.2, 0.25) is 5.02 Å². The van der Waals surface area contributed by atoms with Crippen LogP contribution < -0.4 is 4.72 Å². The number of benzene rings is 1. The van der Waals surface area contributed by atoms with Crippen molar-refractivity contribution in [3.63, 3.8) is 0 Å². The first-order valence-electron chi connectivity index (χ1n) is 6.72. The van der Waals surface area contributed by atoms with Gasteiger partial charge < -0.3 is 0 Å². The van der Waals surface area contributed by atoms with Crippen LogP contribution in [0.25, 0.3) is 0 Å². The van der Waals surface area contributed by atoms with Crippen LogP contribution in [0.4, 0.5) is 0 Å². The lowest BCUT2D eigenvalue weighted by Gasteiger charge is -2.11. The van der Waals surface area contributed by atoms with Crippen LogP contribution in [0.3, 0.4) is 0 Å². The van der Waals surface area contributed by atoms with Crippen LogP contribution in [0.15, 0.2) is 23.1 Å². The smallest absolute Gasteiger partial charge is 0.211 e. The largest absolute Gasteiger partial charge is 0.242 e. The van der Waals surface area contributed by atoms with Gasteiger partial charge in [-0.3, -0.25) is 0 Å². The molecule has 108 valence electrons. The number of nitrogens with one attached hydrogen (secondary N) is 1. The third-order valence-electron chi connectivity index (χ3n) is 3.67. The summed E-state index contributed by atoms with van der Waals surface area (Å²) in [5.41, 5.74) is 0.283. The van der Waals surface area contributed by atoms with E-state index in [4.69, 9.17) is 16.9 Å². The molecule has 1 N–H and O–H groups in total. The second-order valence-electron chi connectivity index (χ2n) is 5.09. The quantitative estimate of drug-likeness (QED) is 0.908. The Hall–Kier alpha value is -1.09. The summed E-state index contributed by atoms with van der Waals surface area (Å²) in [5, 5.41) is 8.97. The molecule has 0 aromatic heterocycles. The minimum atomic E-state index is -3.65. The first kappa shape index (κ1) is 15.3. The van der Waals surface area contributed by atoms with E-state index in [2.05, 4.69) is 4.72 Å². The fourth-order valence-corrected chi connectivity index (χ4v) is 4.12. The molecule has 0 bridgehead atoms. The molecule has 0 saturated heterocycles. The van der Waals surface area contributed by atoms with Gasteiger partial charge in [-0.15, -0.1) is 0 Å². The second-order valence-corrected chi connectivity index (χ2v) is 7.24. The average molecular weight is 313 g/mol. The van der Waals surface area contributed by atoms with Gasteiger partial charge in [0, 0.05) is 6.54 Å². The molecule has 6 heteroatoms. The predicted octanol–water partition coefficient (Wildman–Crippen LogP) is 3.07. The molecule has 0 atom stereocenters. The number of rotatable bonds is 5. The Morgan fingerprint density at radius 3 is 2.70 bits per heavy atom. The molecule has 1 aromatic carbocycles. The standard InChI is InChI=1S/C14H17ClN2O2S/c15-13-6-5-12(10-16)9-14(13)20(18,19)17-8-7-11-3-1-2-4-11/h5-6,9,11,17H,1-4,7-8H2. The maximum atomic E-state index is 12.2.